The van der Waals surface area contributed by atoms with E-state index in [1.807, 2.05) is 13.0 Å². The molecular formula is C22H22F3N7O. The van der Waals surface area contributed by atoms with Gasteiger partial charge in [-0.2, -0.15) is 13.2 Å². The van der Waals surface area contributed by atoms with Crippen molar-refractivity contribution >= 4 is 17.4 Å². The van der Waals surface area contributed by atoms with Gasteiger partial charge >= 0.3 is 6.18 Å². The Morgan fingerprint density at radius 1 is 1.12 bits per heavy atom. The SMILES string of the molecule is CC1(N)CCN(c2cccnc2NC(=O)c2cncc(-c3ncccc3C(F)(F)F)n2)CC1. The summed E-state index contributed by atoms with van der Waals surface area (Å²) in [7, 11) is 0. The number of rotatable bonds is 4. The number of piperidine rings is 1. The van der Waals surface area contributed by atoms with E-state index in [1.165, 1.54) is 18.5 Å². The van der Waals surface area contributed by atoms with E-state index >= 15 is 0 Å². The first kappa shape index (κ1) is 22.6. The molecule has 33 heavy (non-hydrogen) atoms. The second-order valence-electron chi connectivity index (χ2n) is 8.15. The Kier molecular flexibility index (Phi) is 5.98. The number of nitrogens with one attached hydrogen (secondary N) is 1. The van der Waals surface area contributed by atoms with E-state index in [2.05, 4.69) is 30.2 Å². The Morgan fingerprint density at radius 2 is 1.82 bits per heavy atom. The molecule has 0 spiro atoms. The summed E-state index contributed by atoms with van der Waals surface area (Å²) in [5.41, 5.74) is 5.03. The second-order valence-corrected chi connectivity index (χ2v) is 8.15. The Bertz CT molecular complexity index is 1160. The molecule has 0 atom stereocenters. The lowest BCUT2D eigenvalue weighted by atomic mass is 9.91. The van der Waals surface area contributed by atoms with Crippen LogP contribution < -0.4 is 16.0 Å². The molecule has 3 aromatic rings. The second kappa shape index (κ2) is 8.74. The predicted octanol–water partition coefficient (Wildman–Crippen LogP) is 3.52. The lowest BCUT2D eigenvalue weighted by Gasteiger charge is -2.38. The molecule has 0 bridgehead atoms. The molecule has 8 nitrogen and oxygen atoms in total. The van der Waals surface area contributed by atoms with Crippen LogP contribution in [0.3, 0.4) is 0 Å². The highest BCUT2D eigenvalue weighted by atomic mass is 19.4. The van der Waals surface area contributed by atoms with E-state index in [0.717, 1.165) is 30.8 Å². The fraction of sp³-hybridized carbons (Fsp3) is 0.318. The number of halogens is 3. The van der Waals surface area contributed by atoms with Gasteiger partial charge in [0.25, 0.3) is 5.91 Å². The number of pyridine rings is 2. The number of carbonyl (C=O) groups excluding carboxylic acids is 1. The zero-order valence-electron chi connectivity index (χ0n) is 17.8. The molecule has 0 radical (unpaired) electrons. The van der Waals surface area contributed by atoms with Gasteiger partial charge in [-0.25, -0.2) is 9.97 Å². The molecule has 1 aliphatic heterocycles. The summed E-state index contributed by atoms with van der Waals surface area (Å²) in [5, 5.41) is 2.70. The van der Waals surface area contributed by atoms with E-state index in [1.54, 1.807) is 12.3 Å². The predicted molar refractivity (Wildman–Crippen MR) is 116 cm³/mol. The maximum absolute atomic E-state index is 13.4. The summed E-state index contributed by atoms with van der Waals surface area (Å²) in [5.74, 6) is -0.321. The molecule has 1 aliphatic rings. The average molecular weight is 457 g/mol. The highest BCUT2D eigenvalue weighted by molar-refractivity contribution is 6.04. The number of alkyl halides is 3. The maximum atomic E-state index is 13.4. The van der Waals surface area contributed by atoms with Crippen LogP contribution in [0.5, 0.6) is 0 Å². The van der Waals surface area contributed by atoms with Gasteiger partial charge in [0.15, 0.2) is 5.82 Å². The van der Waals surface area contributed by atoms with Gasteiger partial charge in [-0.15, -0.1) is 0 Å². The van der Waals surface area contributed by atoms with Gasteiger partial charge in [0.05, 0.1) is 23.6 Å². The number of nitrogens with two attached hydrogens (primary N) is 1. The van der Waals surface area contributed by atoms with Crippen molar-refractivity contribution in [2.75, 3.05) is 23.3 Å². The third-order valence-electron chi connectivity index (χ3n) is 5.49. The molecule has 3 aromatic heterocycles. The molecule has 11 heteroatoms. The smallest absolute Gasteiger partial charge is 0.368 e. The van der Waals surface area contributed by atoms with Crippen molar-refractivity contribution in [1.29, 1.82) is 0 Å². The van der Waals surface area contributed by atoms with Crippen molar-refractivity contribution in [3.63, 3.8) is 0 Å². The summed E-state index contributed by atoms with van der Waals surface area (Å²) < 4.78 is 40.1. The number of aromatic nitrogens is 4. The minimum atomic E-state index is -4.62. The van der Waals surface area contributed by atoms with Crippen LogP contribution in [0.15, 0.2) is 49.1 Å². The van der Waals surface area contributed by atoms with Crippen LogP contribution >= 0.6 is 0 Å². The molecule has 0 saturated carbocycles. The number of anilines is 2. The average Bonchev–Trinajstić information content (AvgIpc) is 2.79. The molecule has 0 aliphatic carbocycles. The molecule has 1 amide bonds. The monoisotopic (exact) mass is 457 g/mol. The summed E-state index contributed by atoms with van der Waals surface area (Å²) in [6.07, 6.45) is 2.03. The fourth-order valence-electron chi connectivity index (χ4n) is 3.61. The Morgan fingerprint density at radius 3 is 2.55 bits per heavy atom. The van der Waals surface area contributed by atoms with Crippen LogP contribution in [0.4, 0.5) is 24.7 Å². The van der Waals surface area contributed by atoms with Crippen LogP contribution in [0, 0.1) is 0 Å². The van der Waals surface area contributed by atoms with E-state index in [9.17, 15) is 18.0 Å². The molecular weight excluding hydrogens is 435 g/mol. The lowest BCUT2D eigenvalue weighted by molar-refractivity contribution is -0.137. The number of hydrogen-bond donors (Lipinski definition) is 2. The first-order chi connectivity index (χ1) is 15.6. The molecule has 1 saturated heterocycles. The number of nitrogens with zero attached hydrogens (tertiary/aromatic N) is 5. The first-order valence-corrected chi connectivity index (χ1v) is 10.3. The minimum Gasteiger partial charge on any atom is -0.368 e. The van der Waals surface area contributed by atoms with Crippen LogP contribution in [0.2, 0.25) is 0 Å². The molecule has 0 aromatic carbocycles. The third kappa shape index (κ3) is 5.08. The summed E-state index contributed by atoms with van der Waals surface area (Å²) in [6, 6.07) is 5.70. The Labute approximate surface area is 188 Å². The number of amides is 1. The molecule has 4 heterocycles. The Hall–Kier alpha value is -3.60. The number of hydrogen-bond acceptors (Lipinski definition) is 7. The first-order valence-electron chi connectivity index (χ1n) is 10.3. The highest BCUT2D eigenvalue weighted by Gasteiger charge is 2.35. The largest absolute Gasteiger partial charge is 0.418 e. The van der Waals surface area contributed by atoms with E-state index < -0.39 is 23.3 Å². The van der Waals surface area contributed by atoms with E-state index in [4.69, 9.17) is 5.73 Å². The minimum absolute atomic E-state index is 0.156. The van der Waals surface area contributed by atoms with Crippen LogP contribution in [0.25, 0.3) is 11.4 Å². The standard InChI is InChI=1S/C22H22F3N7O/c1-21(26)6-10-32(11-7-21)17-5-3-9-29-19(17)31-20(33)16-13-27-12-15(30-16)18-14(22(23,24)25)4-2-8-28-18/h2-5,8-9,12-13H,6-7,10-11,26H2,1H3,(H,29,31,33). The molecule has 172 valence electrons. The van der Waals surface area contributed by atoms with Gasteiger partial charge < -0.3 is 16.0 Å². The van der Waals surface area contributed by atoms with Gasteiger partial charge in [-0.1, -0.05) is 0 Å². The van der Waals surface area contributed by atoms with Gasteiger partial charge in [0.2, 0.25) is 0 Å². The van der Waals surface area contributed by atoms with Crippen molar-refractivity contribution in [3.05, 3.63) is 60.3 Å². The maximum Gasteiger partial charge on any atom is 0.418 e. The van der Waals surface area contributed by atoms with Crippen molar-refractivity contribution in [3.8, 4) is 11.4 Å². The molecule has 0 unspecified atom stereocenters. The van der Waals surface area contributed by atoms with Gasteiger partial charge in [-0.3, -0.25) is 14.8 Å². The van der Waals surface area contributed by atoms with Crippen LogP contribution in [-0.2, 0) is 6.18 Å². The van der Waals surface area contributed by atoms with Crippen LogP contribution in [0.1, 0.15) is 35.8 Å². The summed E-state index contributed by atoms with van der Waals surface area (Å²) in [4.78, 5) is 31.0. The third-order valence-corrected chi connectivity index (χ3v) is 5.49. The molecule has 1 fully saturated rings. The molecule has 3 N–H and O–H groups in total. The zero-order chi connectivity index (χ0) is 23.6. The Balaban J connectivity index is 1.59. The topological polar surface area (TPSA) is 110 Å². The summed E-state index contributed by atoms with van der Waals surface area (Å²) in [6.45, 7) is 3.42. The van der Waals surface area contributed by atoms with Crippen molar-refractivity contribution in [2.45, 2.75) is 31.5 Å². The quantitative estimate of drug-likeness (QED) is 0.617. The number of carbonyl (C=O) groups is 1. The van der Waals surface area contributed by atoms with Crippen molar-refractivity contribution < 1.29 is 18.0 Å². The molecule has 4 rings (SSSR count). The van der Waals surface area contributed by atoms with E-state index in [0.29, 0.717) is 18.9 Å². The normalized spacial score (nSPS) is 15.8. The lowest BCUT2D eigenvalue weighted by Crippen LogP contribution is -2.48. The van der Waals surface area contributed by atoms with Crippen molar-refractivity contribution in [1.82, 2.24) is 19.9 Å². The van der Waals surface area contributed by atoms with Crippen molar-refractivity contribution in [2.24, 2.45) is 5.73 Å². The van der Waals surface area contributed by atoms with Crippen LogP contribution in [-0.4, -0.2) is 44.5 Å². The summed E-state index contributed by atoms with van der Waals surface area (Å²) >= 11 is 0. The van der Waals surface area contributed by atoms with E-state index in [-0.39, 0.29) is 16.9 Å². The van der Waals surface area contributed by atoms with Gasteiger partial charge in [0, 0.05) is 31.0 Å². The van der Waals surface area contributed by atoms with Gasteiger partial charge in [-0.05, 0) is 44.0 Å². The fourth-order valence-corrected chi connectivity index (χ4v) is 3.61. The zero-order valence-corrected chi connectivity index (χ0v) is 17.8. The highest BCUT2D eigenvalue weighted by Crippen LogP contribution is 2.35. The van der Waals surface area contributed by atoms with Gasteiger partial charge in [0.1, 0.15) is 17.1 Å².